The van der Waals surface area contributed by atoms with Crippen LogP contribution in [0, 0.1) is 5.92 Å². The summed E-state index contributed by atoms with van der Waals surface area (Å²) in [6.07, 6.45) is 8.05. The third kappa shape index (κ3) is 24.7. The number of Topliss-reactive ketones (excluding diaryl/α,β-unsaturated/α-hetero) is 2. The minimum absolute atomic E-state index is 0.0155. The topological polar surface area (TPSA) is 247 Å². The molecule has 0 bridgehead atoms. The Morgan fingerprint density at radius 3 is 1.79 bits per heavy atom. The Labute approximate surface area is 348 Å². The van der Waals surface area contributed by atoms with Crippen LogP contribution >= 0.6 is 0 Å². The molecule has 0 radical (unpaired) electrons. The van der Waals surface area contributed by atoms with Crippen LogP contribution in [0.15, 0.2) is 35.3 Å². The maximum Gasteiger partial charge on any atom is 0.243 e. The van der Waals surface area contributed by atoms with Gasteiger partial charge in [-0.1, -0.05) is 56.0 Å². The number of hydrogen-bond donors (Lipinski definition) is 6. The van der Waals surface area contributed by atoms with E-state index in [0.717, 1.165) is 43.3 Å². The van der Waals surface area contributed by atoms with Gasteiger partial charge in [0.15, 0.2) is 22.6 Å². The molecule has 17 heteroatoms. The van der Waals surface area contributed by atoms with Crippen molar-refractivity contribution < 1.29 is 37.6 Å². The number of nitrogens with zero attached hydrogens (tertiary/aromatic N) is 1. The number of carbonyl (C=O) groups excluding carboxylic acids is 6. The van der Waals surface area contributed by atoms with Gasteiger partial charge in [0.25, 0.3) is 0 Å². The van der Waals surface area contributed by atoms with Gasteiger partial charge in [-0.3, -0.25) is 33.8 Å². The van der Waals surface area contributed by atoms with E-state index in [0.29, 0.717) is 51.4 Å². The number of ketones is 2. The fourth-order valence-corrected chi connectivity index (χ4v) is 8.96. The van der Waals surface area contributed by atoms with Crippen molar-refractivity contribution >= 4 is 57.8 Å². The summed E-state index contributed by atoms with van der Waals surface area (Å²) >= 11 is 0. The lowest BCUT2D eigenvalue weighted by Gasteiger charge is -2.22. The quantitative estimate of drug-likeness (QED) is 0.0257. The molecule has 328 valence electrons. The van der Waals surface area contributed by atoms with Gasteiger partial charge in [-0.05, 0) is 82.4 Å². The van der Waals surface area contributed by atoms with E-state index in [4.69, 9.17) is 26.1 Å². The van der Waals surface area contributed by atoms with Crippen LogP contribution in [-0.2, 0) is 44.0 Å². The zero-order valence-electron chi connectivity index (χ0n) is 36.0. The Kier molecular flexibility index (Phi) is 25.6. The van der Waals surface area contributed by atoms with Crippen molar-refractivity contribution in [1.82, 2.24) is 16.0 Å². The lowest BCUT2D eigenvalue weighted by atomic mass is 9.92. The second-order valence-corrected chi connectivity index (χ2v) is 25.2. The molecule has 0 saturated carbocycles. The Balaban J connectivity index is 2.89. The zero-order valence-corrected chi connectivity index (χ0v) is 38.0. The van der Waals surface area contributed by atoms with Crippen molar-refractivity contribution in [3.63, 3.8) is 0 Å². The first-order valence-electron chi connectivity index (χ1n) is 20.8. The summed E-state index contributed by atoms with van der Waals surface area (Å²) in [6.45, 7) is 8.43. The highest BCUT2D eigenvalue weighted by molar-refractivity contribution is 6.71. The van der Waals surface area contributed by atoms with Crippen molar-refractivity contribution in [2.45, 2.75) is 147 Å². The summed E-state index contributed by atoms with van der Waals surface area (Å²) in [6, 6.07) is 8.89. The van der Waals surface area contributed by atoms with Gasteiger partial charge in [-0.25, -0.2) is 0 Å². The van der Waals surface area contributed by atoms with Gasteiger partial charge < -0.3 is 42.0 Å². The molecule has 0 aliphatic rings. The van der Waals surface area contributed by atoms with Gasteiger partial charge in [0, 0.05) is 58.8 Å². The van der Waals surface area contributed by atoms with Crippen molar-refractivity contribution in [2.75, 3.05) is 27.3 Å². The minimum atomic E-state index is -1.74. The third-order valence-corrected chi connectivity index (χ3v) is 15.7. The lowest BCUT2D eigenvalue weighted by Crippen LogP contribution is -2.55. The second-order valence-electron chi connectivity index (χ2n) is 16.4. The molecule has 3 atom stereocenters. The molecule has 1 aromatic rings. The largest absolute Gasteiger partial charge is 0.420 e. The van der Waals surface area contributed by atoms with Crippen molar-refractivity contribution in [2.24, 2.45) is 28.1 Å². The van der Waals surface area contributed by atoms with Crippen molar-refractivity contribution in [3.8, 4) is 0 Å². The van der Waals surface area contributed by atoms with Crippen LogP contribution in [0.2, 0.25) is 38.3 Å². The molecule has 9 N–H and O–H groups in total. The van der Waals surface area contributed by atoms with E-state index in [-0.39, 0.29) is 43.3 Å². The third-order valence-electron chi connectivity index (χ3n) is 10.4. The molecule has 0 heterocycles. The standard InChI is InChI=1S/C41H73N7O8Si2/c1-55-57(3,4)26-15-13-22-33(49)21-12-8-11-20-32(29-34(50)23-14-16-27-58(5,6)56-2)39(53)46-30-37(51)47-36(28-31-18-9-7-10-19-31)40(54)48-35(38(42)52)24-17-25-45-41(43)44/h7,9-10,18-19,32,35-36H,8,11-17,20-30H2,1-6H3,(H2,42,52)(H,46,53)(H,47,51)(H,48,54)(H4,43,44,45)/t32?,35-,36?/m0/s1. The van der Waals surface area contributed by atoms with Gasteiger partial charge in [-0.2, -0.15) is 0 Å². The molecule has 0 saturated heterocycles. The van der Waals surface area contributed by atoms with E-state index in [9.17, 15) is 28.8 Å². The Morgan fingerprint density at radius 2 is 1.24 bits per heavy atom. The number of primary amides is 1. The molecule has 58 heavy (non-hydrogen) atoms. The average Bonchev–Trinajstić information content (AvgIpc) is 3.17. The highest BCUT2D eigenvalue weighted by Gasteiger charge is 2.28. The SMILES string of the molecule is CO[Si](C)(C)CCCCC(=O)CCCCCC(CC(=O)CCCC[Si](C)(C)OC)C(=O)NCC(=O)NC(Cc1ccccc1)C(=O)N[C@@H](CCCN=C(N)N)C(N)=O. The number of rotatable bonds is 33. The number of guanidine groups is 1. The minimum Gasteiger partial charge on any atom is -0.420 e. The van der Waals surface area contributed by atoms with E-state index in [2.05, 4.69) is 47.1 Å². The van der Waals surface area contributed by atoms with Gasteiger partial charge in [-0.15, -0.1) is 0 Å². The molecular formula is C41H73N7O8Si2. The van der Waals surface area contributed by atoms with Crippen LogP contribution in [0.5, 0.6) is 0 Å². The van der Waals surface area contributed by atoms with Crippen LogP contribution in [0.1, 0.15) is 95.5 Å². The monoisotopic (exact) mass is 848 g/mol. The van der Waals surface area contributed by atoms with E-state index < -0.39 is 64.8 Å². The molecule has 1 rings (SSSR count). The van der Waals surface area contributed by atoms with Crippen LogP contribution in [0.25, 0.3) is 0 Å². The van der Waals surface area contributed by atoms with Crippen molar-refractivity contribution in [1.29, 1.82) is 0 Å². The summed E-state index contributed by atoms with van der Waals surface area (Å²) in [5.41, 5.74) is 17.1. The number of amides is 4. The van der Waals surface area contributed by atoms with Crippen LogP contribution < -0.4 is 33.2 Å². The maximum absolute atomic E-state index is 13.5. The predicted octanol–water partition coefficient (Wildman–Crippen LogP) is 3.99. The summed E-state index contributed by atoms with van der Waals surface area (Å²) < 4.78 is 11.2. The number of aliphatic imine (C=N–C) groups is 1. The first-order valence-corrected chi connectivity index (χ1v) is 27.0. The first-order chi connectivity index (χ1) is 27.4. The molecule has 0 aliphatic carbocycles. The van der Waals surface area contributed by atoms with Gasteiger partial charge in [0.2, 0.25) is 23.6 Å². The predicted molar refractivity (Wildman–Crippen MR) is 234 cm³/mol. The smallest absolute Gasteiger partial charge is 0.243 e. The molecular weight excluding hydrogens is 775 g/mol. The molecule has 0 aliphatic heterocycles. The van der Waals surface area contributed by atoms with Crippen molar-refractivity contribution in [3.05, 3.63) is 35.9 Å². The van der Waals surface area contributed by atoms with E-state index in [1.165, 1.54) is 0 Å². The summed E-state index contributed by atoms with van der Waals surface area (Å²) in [5, 5.41) is 8.01. The van der Waals surface area contributed by atoms with E-state index >= 15 is 0 Å². The van der Waals surface area contributed by atoms with Gasteiger partial charge >= 0.3 is 0 Å². The molecule has 1 aromatic carbocycles. The summed E-state index contributed by atoms with van der Waals surface area (Å²) in [4.78, 5) is 81.9. The Morgan fingerprint density at radius 1 is 0.672 bits per heavy atom. The first kappa shape index (κ1) is 52.1. The van der Waals surface area contributed by atoms with Gasteiger partial charge in [0.05, 0.1) is 6.54 Å². The number of carbonyl (C=O) groups is 6. The molecule has 0 aromatic heterocycles. The Hall–Kier alpha value is -3.94. The highest BCUT2D eigenvalue weighted by Crippen LogP contribution is 2.20. The second kappa shape index (κ2) is 28.5. The van der Waals surface area contributed by atoms with Crippen LogP contribution in [-0.4, -0.2) is 97.2 Å². The van der Waals surface area contributed by atoms with Gasteiger partial charge in [0.1, 0.15) is 23.7 Å². The zero-order chi connectivity index (χ0) is 43.6. The number of benzene rings is 1. The number of hydrogen-bond acceptors (Lipinski definition) is 9. The average molecular weight is 848 g/mol. The molecule has 0 fully saturated rings. The number of nitrogens with two attached hydrogens (primary N) is 3. The molecule has 4 amide bonds. The Bertz CT molecular complexity index is 1460. The number of nitrogens with one attached hydrogen (secondary N) is 3. The highest BCUT2D eigenvalue weighted by atomic mass is 28.4. The molecule has 2 unspecified atom stereocenters. The molecule has 15 nitrogen and oxygen atoms in total. The number of unbranched alkanes of at least 4 members (excludes halogenated alkanes) is 4. The lowest BCUT2D eigenvalue weighted by molar-refractivity contribution is -0.133. The fourth-order valence-electron chi connectivity index (χ4n) is 6.34. The van der Waals surface area contributed by atoms with Crippen LogP contribution in [0.3, 0.4) is 0 Å². The normalized spacial score (nSPS) is 13.1. The summed E-state index contributed by atoms with van der Waals surface area (Å²) in [7, 11) is 0.116. The van der Waals surface area contributed by atoms with E-state index in [1.54, 1.807) is 38.5 Å². The fraction of sp³-hybridized carbons (Fsp3) is 0.683. The molecule has 0 spiro atoms. The van der Waals surface area contributed by atoms with E-state index in [1.807, 2.05) is 6.07 Å². The summed E-state index contributed by atoms with van der Waals surface area (Å²) in [5.74, 6) is -2.93. The maximum atomic E-state index is 13.5. The van der Waals surface area contributed by atoms with Crippen LogP contribution in [0.4, 0.5) is 0 Å².